The molecule has 0 saturated heterocycles. The summed E-state index contributed by atoms with van der Waals surface area (Å²) in [5.41, 5.74) is 0.169. The van der Waals surface area contributed by atoms with Gasteiger partial charge in [-0.25, -0.2) is 4.79 Å². The van der Waals surface area contributed by atoms with Crippen molar-refractivity contribution in [1.29, 1.82) is 0 Å². The first-order valence-corrected chi connectivity index (χ1v) is 5.15. The Labute approximate surface area is 99.8 Å². The Bertz CT molecular complexity index is 448. The Hall–Kier alpha value is -2.10. The largest absolute Gasteiger partial charge is 0.497 e. The lowest BCUT2D eigenvalue weighted by molar-refractivity contribution is -0.138. The van der Waals surface area contributed by atoms with Gasteiger partial charge < -0.3 is 9.47 Å². The van der Waals surface area contributed by atoms with Gasteiger partial charge in [0.05, 0.1) is 13.7 Å². The van der Waals surface area contributed by atoms with E-state index >= 15 is 0 Å². The van der Waals surface area contributed by atoms with E-state index in [9.17, 15) is 9.59 Å². The molecule has 0 aromatic heterocycles. The minimum Gasteiger partial charge on any atom is -0.497 e. The van der Waals surface area contributed by atoms with Crippen LogP contribution in [0.25, 0.3) is 0 Å². The van der Waals surface area contributed by atoms with Crippen molar-refractivity contribution in [3.63, 3.8) is 0 Å². The van der Waals surface area contributed by atoms with Gasteiger partial charge >= 0.3 is 5.97 Å². The van der Waals surface area contributed by atoms with Crippen LogP contribution in [0.15, 0.2) is 36.4 Å². The summed E-state index contributed by atoms with van der Waals surface area (Å²) in [6.45, 7) is 5.32. The molecule has 1 rings (SSSR count). The van der Waals surface area contributed by atoms with Crippen molar-refractivity contribution in [3.05, 3.63) is 42.0 Å². The van der Waals surface area contributed by atoms with Gasteiger partial charge in [0.1, 0.15) is 11.3 Å². The quantitative estimate of drug-likeness (QED) is 0.257. The maximum absolute atomic E-state index is 11.9. The predicted octanol–water partition coefficient (Wildman–Crippen LogP) is 2.00. The number of ether oxygens (including phenoxy) is 2. The zero-order valence-corrected chi connectivity index (χ0v) is 9.86. The van der Waals surface area contributed by atoms with Crippen molar-refractivity contribution in [3.8, 4) is 5.75 Å². The van der Waals surface area contributed by atoms with Gasteiger partial charge in [0.15, 0.2) is 5.78 Å². The minimum absolute atomic E-state index is 0.180. The second kappa shape index (κ2) is 5.84. The summed E-state index contributed by atoms with van der Waals surface area (Å²) < 4.78 is 9.71. The molecule has 4 heteroatoms. The zero-order chi connectivity index (χ0) is 12.8. The highest BCUT2D eigenvalue weighted by Crippen LogP contribution is 2.15. The number of ketones is 1. The van der Waals surface area contributed by atoms with Gasteiger partial charge in [-0.05, 0) is 19.1 Å². The Morgan fingerprint density at radius 2 is 2.06 bits per heavy atom. The molecular weight excluding hydrogens is 220 g/mol. The first kappa shape index (κ1) is 13.0. The van der Waals surface area contributed by atoms with E-state index in [1.165, 1.54) is 7.11 Å². The van der Waals surface area contributed by atoms with Crippen LogP contribution in [-0.2, 0) is 9.53 Å². The molecule has 0 spiro atoms. The van der Waals surface area contributed by atoms with E-state index in [1.807, 2.05) is 0 Å². The predicted molar refractivity (Wildman–Crippen MR) is 63.1 cm³/mol. The van der Waals surface area contributed by atoms with Crippen LogP contribution in [0.5, 0.6) is 5.75 Å². The van der Waals surface area contributed by atoms with E-state index in [0.717, 1.165) is 0 Å². The molecule has 0 N–H and O–H groups in total. The normalized spacial score (nSPS) is 9.53. The van der Waals surface area contributed by atoms with Gasteiger partial charge in [-0.2, -0.15) is 0 Å². The van der Waals surface area contributed by atoms with Gasteiger partial charge in [0.25, 0.3) is 0 Å². The van der Waals surface area contributed by atoms with Crippen molar-refractivity contribution in [2.24, 2.45) is 0 Å². The van der Waals surface area contributed by atoms with Crippen molar-refractivity contribution >= 4 is 11.8 Å². The molecule has 0 fully saturated rings. The number of hydrogen-bond donors (Lipinski definition) is 0. The molecule has 0 aliphatic heterocycles. The lowest BCUT2D eigenvalue weighted by Gasteiger charge is -2.05. The van der Waals surface area contributed by atoms with Crippen molar-refractivity contribution in [2.75, 3.05) is 13.7 Å². The summed E-state index contributed by atoms with van der Waals surface area (Å²) in [5.74, 6) is -0.602. The Kier molecular flexibility index (Phi) is 4.46. The SMILES string of the molecule is C=C(C(=O)OCC)C(=O)c1cccc(OC)c1. The summed E-state index contributed by atoms with van der Waals surface area (Å²) in [4.78, 5) is 23.2. The Balaban J connectivity index is 2.88. The van der Waals surface area contributed by atoms with Crippen LogP contribution in [0.2, 0.25) is 0 Å². The highest BCUT2D eigenvalue weighted by Gasteiger charge is 2.18. The fourth-order valence-corrected chi connectivity index (χ4v) is 1.25. The number of methoxy groups -OCH3 is 1. The molecule has 90 valence electrons. The number of hydrogen-bond acceptors (Lipinski definition) is 4. The highest BCUT2D eigenvalue weighted by atomic mass is 16.5. The molecule has 0 heterocycles. The van der Waals surface area contributed by atoms with Crippen molar-refractivity contribution in [1.82, 2.24) is 0 Å². The van der Waals surface area contributed by atoms with Gasteiger partial charge in [-0.1, -0.05) is 18.7 Å². The van der Waals surface area contributed by atoms with Crippen LogP contribution < -0.4 is 4.74 Å². The summed E-state index contributed by atoms with van der Waals surface area (Å²) in [6, 6.07) is 6.52. The zero-order valence-electron chi connectivity index (χ0n) is 9.86. The maximum atomic E-state index is 11.9. The summed E-state index contributed by atoms with van der Waals surface area (Å²) in [5, 5.41) is 0. The molecule has 17 heavy (non-hydrogen) atoms. The number of benzene rings is 1. The number of rotatable bonds is 5. The van der Waals surface area contributed by atoms with Crippen LogP contribution >= 0.6 is 0 Å². The molecular formula is C13H14O4. The van der Waals surface area contributed by atoms with Gasteiger partial charge in [0.2, 0.25) is 0 Å². The molecule has 0 saturated carbocycles. The average Bonchev–Trinajstić information content (AvgIpc) is 2.37. The minimum atomic E-state index is -0.694. The molecule has 0 radical (unpaired) electrons. The van der Waals surface area contributed by atoms with Crippen LogP contribution in [0, 0.1) is 0 Å². The second-order valence-corrected chi connectivity index (χ2v) is 3.26. The van der Waals surface area contributed by atoms with Gasteiger partial charge in [-0.15, -0.1) is 0 Å². The highest BCUT2D eigenvalue weighted by molar-refractivity contribution is 6.23. The Morgan fingerprint density at radius 3 is 2.65 bits per heavy atom. The molecule has 0 amide bonds. The molecule has 1 aromatic rings. The molecule has 0 aliphatic rings. The number of Topliss-reactive ketones (excluding diaryl/α,β-unsaturated/α-hetero) is 1. The lowest BCUT2D eigenvalue weighted by Crippen LogP contribution is -2.15. The smallest absolute Gasteiger partial charge is 0.341 e. The second-order valence-electron chi connectivity index (χ2n) is 3.26. The molecule has 0 unspecified atom stereocenters. The summed E-state index contributed by atoms with van der Waals surface area (Å²) in [7, 11) is 1.50. The maximum Gasteiger partial charge on any atom is 0.341 e. The third kappa shape index (κ3) is 3.17. The summed E-state index contributed by atoms with van der Waals surface area (Å²) in [6.07, 6.45) is 0. The van der Waals surface area contributed by atoms with Crippen molar-refractivity contribution < 1.29 is 19.1 Å². The average molecular weight is 234 g/mol. The molecule has 0 aliphatic carbocycles. The van der Waals surface area contributed by atoms with Gasteiger partial charge in [-0.3, -0.25) is 4.79 Å². The third-order valence-corrected chi connectivity index (χ3v) is 2.13. The molecule has 0 atom stereocenters. The fourth-order valence-electron chi connectivity index (χ4n) is 1.25. The number of carbonyl (C=O) groups is 2. The lowest BCUT2D eigenvalue weighted by atomic mass is 10.0. The van der Waals surface area contributed by atoms with Crippen LogP contribution in [0.3, 0.4) is 0 Å². The fraction of sp³-hybridized carbons (Fsp3) is 0.231. The van der Waals surface area contributed by atoms with Crippen LogP contribution in [0.1, 0.15) is 17.3 Å². The standard InChI is InChI=1S/C13H14O4/c1-4-17-13(15)9(2)12(14)10-6-5-7-11(8-10)16-3/h5-8H,2,4H2,1,3H3. The van der Waals surface area contributed by atoms with Crippen LogP contribution in [0.4, 0.5) is 0 Å². The van der Waals surface area contributed by atoms with Gasteiger partial charge in [0, 0.05) is 5.56 Å². The topological polar surface area (TPSA) is 52.6 Å². The summed E-state index contributed by atoms with van der Waals surface area (Å²) >= 11 is 0. The first-order valence-electron chi connectivity index (χ1n) is 5.15. The molecule has 0 bridgehead atoms. The van der Waals surface area contributed by atoms with E-state index < -0.39 is 11.8 Å². The van der Waals surface area contributed by atoms with Crippen LogP contribution in [-0.4, -0.2) is 25.5 Å². The van der Waals surface area contributed by atoms with E-state index in [4.69, 9.17) is 9.47 Å². The van der Waals surface area contributed by atoms with E-state index in [0.29, 0.717) is 11.3 Å². The third-order valence-electron chi connectivity index (χ3n) is 2.13. The Morgan fingerprint density at radius 1 is 1.35 bits per heavy atom. The monoisotopic (exact) mass is 234 g/mol. The van der Waals surface area contributed by atoms with Crippen molar-refractivity contribution in [2.45, 2.75) is 6.92 Å². The van der Waals surface area contributed by atoms with E-state index in [-0.39, 0.29) is 12.2 Å². The first-order chi connectivity index (χ1) is 8.10. The number of esters is 1. The number of carbonyl (C=O) groups excluding carboxylic acids is 2. The van der Waals surface area contributed by atoms with E-state index in [1.54, 1.807) is 31.2 Å². The van der Waals surface area contributed by atoms with E-state index in [2.05, 4.69) is 6.58 Å². The molecule has 4 nitrogen and oxygen atoms in total. The molecule has 1 aromatic carbocycles.